The summed E-state index contributed by atoms with van der Waals surface area (Å²) in [5, 5.41) is 0. The van der Waals surface area contributed by atoms with Crippen molar-refractivity contribution in [1.82, 2.24) is 0 Å². The van der Waals surface area contributed by atoms with Crippen molar-refractivity contribution >= 4 is 5.91 Å². The van der Waals surface area contributed by atoms with Crippen LogP contribution in [0.1, 0.15) is 18.9 Å². The van der Waals surface area contributed by atoms with E-state index in [1.54, 1.807) is 0 Å². The highest BCUT2D eigenvalue weighted by Gasteiger charge is 2.44. The molecule has 1 aromatic rings. The molecule has 0 aromatic heterocycles. The predicted molar refractivity (Wildman–Crippen MR) is 53.6 cm³/mol. The summed E-state index contributed by atoms with van der Waals surface area (Å²) in [7, 11) is 0. The first kappa shape index (κ1) is 13.5. The number of amides is 1. The molecule has 0 aliphatic rings. The van der Waals surface area contributed by atoms with E-state index in [0.717, 1.165) is 31.2 Å². The summed E-state index contributed by atoms with van der Waals surface area (Å²) in [5.74, 6) is -1.69. The summed E-state index contributed by atoms with van der Waals surface area (Å²) in [5.41, 5.74) is 3.18. The fraction of sp³-hybridized carbons (Fsp3) is 0.364. The van der Waals surface area contributed by atoms with E-state index in [9.17, 15) is 22.4 Å². The van der Waals surface area contributed by atoms with Gasteiger partial charge in [-0.25, -0.2) is 4.39 Å². The van der Waals surface area contributed by atoms with Gasteiger partial charge < -0.3 is 5.73 Å². The maximum Gasteiger partial charge on any atom is 0.390 e. The van der Waals surface area contributed by atoms with Gasteiger partial charge in [-0.05, 0) is 24.6 Å². The first-order chi connectivity index (χ1) is 7.65. The molecular weight excluding hydrogens is 238 g/mol. The molecule has 2 nitrogen and oxygen atoms in total. The van der Waals surface area contributed by atoms with E-state index in [4.69, 9.17) is 5.73 Å². The van der Waals surface area contributed by atoms with Crippen LogP contribution in [0.4, 0.5) is 17.6 Å². The Morgan fingerprint density at radius 2 is 1.71 bits per heavy atom. The lowest BCUT2D eigenvalue weighted by Crippen LogP contribution is -2.42. The lowest BCUT2D eigenvalue weighted by molar-refractivity contribution is -0.155. The molecule has 17 heavy (non-hydrogen) atoms. The van der Waals surface area contributed by atoms with Gasteiger partial charge in [-0.15, -0.1) is 0 Å². The number of alkyl halides is 3. The molecule has 1 atom stereocenters. The molecular formula is C11H11F4NO. The minimum absolute atomic E-state index is 0.0451. The normalized spacial score (nSPS) is 15.4. The highest BCUT2D eigenvalue weighted by Crippen LogP contribution is 2.36. The molecule has 0 bridgehead atoms. The van der Waals surface area contributed by atoms with Crippen LogP contribution in [0.5, 0.6) is 0 Å². The Hall–Kier alpha value is -1.59. The number of benzene rings is 1. The van der Waals surface area contributed by atoms with Gasteiger partial charge >= 0.3 is 6.18 Å². The van der Waals surface area contributed by atoms with Crippen molar-refractivity contribution in [2.45, 2.75) is 24.9 Å². The van der Waals surface area contributed by atoms with Crippen molar-refractivity contribution in [3.63, 3.8) is 0 Å². The molecule has 0 saturated carbocycles. The van der Waals surface area contributed by atoms with Gasteiger partial charge in [-0.3, -0.25) is 4.79 Å². The first-order valence-corrected chi connectivity index (χ1v) is 4.78. The Balaban J connectivity index is 3.16. The number of rotatable bonds is 3. The van der Waals surface area contributed by atoms with Crippen LogP contribution in [0.25, 0.3) is 0 Å². The maximum absolute atomic E-state index is 12.7. The van der Waals surface area contributed by atoms with E-state index in [2.05, 4.69) is 0 Å². The summed E-state index contributed by atoms with van der Waals surface area (Å²) in [6, 6.07) is 4.25. The summed E-state index contributed by atoms with van der Waals surface area (Å²) in [6.45, 7) is 1.09. The van der Waals surface area contributed by atoms with Gasteiger partial charge in [0.1, 0.15) is 5.82 Å². The number of halogens is 4. The van der Waals surface area contributed by atoms with Crippen LogP contribution in [0, 0.1) is 5.82 Å². The van der Waals surface area contributed by atoms with Crippen molar-refractivity contribution in [1.29, 1.82) is 0 Å². The van der Waals surface area contributed by atoms with Crippen molar-refractivity contribution in [2.75, 3.05) is 0 Å². The molecule has 0 aliphatic carbocycles. The number of nitrogens with two attached hydrogens (primary N) is 1. The summed E-state index contributed by atoms with van der Waals surface area (Å²) >= 11 is 0. The Morgan fingerprint density at radius 3 is 2.06 bits per heavy atom. The fourth-order valence-electron chi connectivity index (χ4n) is 1.55. The zero-order valence-corrected chi connectivity index (χ0v) is 9.01. The molecule has 0 saturated heterocycles. The highest BCUT2D eigenvalue weighted by molar-refractivity contribution is 5.86. The van der Waals surface area contributed by atoms with Crippen LogP contribution in [0.2, 0.25) is 0 Å². The quantitative estimate of drug-likeness (QED) is 0.822. The monoisotopic (exact) mass is 249 g/mol. The molecule has 0 aliphatic heterocycles. The van der Waals surface area contributed by atoms with E-state index >= 15 is 0 Å². The Kier molecular flexibility index (Phi) is 3.45. The maximum atomic E-state index is 12.7. The first-order valence-electron chi connectivity index (χ1n) is 4.78. The van der Waals surface area contributed by atoms with Crippen LogP contribution < -0.4 is 5.73 Å². The lowest BCUT2D eigenvalue weighted by Gasteiger charge is -2.27. The molecule has 0 radical (unpaired) electrons. The zero-order chi connectivity index (χ0) is 13.3. The molecule has 0 spiro atoms. The molecule has 1 aromatic carbocycles. The average Bonchev–Trinajstić information content (AvgIpc) is 2.15. The van der Waals surface area contributed by atoms with E-state index < -0.39 is 29.7 Å². The third-order valence-electron chi connectivity index (χ3n) is 2.58. The Bertz CT molecular complexity index is 412. The number of carbonyl (C=O) groups excluding carboxylic acids is 1. The molecule has 6 heteroatoms. The second-order valence-electron chi connectivity index (χ2n) is 4.00. The van der Waals surface area contributed by atoms with Crippen LogP contribution in [-0.4, -0.2) is 12.1 Å². The van der Waals surface area contributed by atoms with Crippen molar-refractivity contribution in [3.05, 3.63) is 35.6 Å². The van der Waals surface area contributed by atoms with Crippen molar-refractivity contribution in [2.24, 2.45) is 5.73 Å². The van der Waals surface area contributed by atoms with Gasteiger partial charge in [0.05, 0.1) is 11.8 Å². The standard InChI is InChI=1S/C11H11F4NO/c1-10(9(16)17,6-11(13,14)15)7-2-4-8(12)5-3-7/h2-5H,6H2,1H3,(H2,16,17). The van der Waals surface area contributed by atoms with Crippen LogP contribution in [0.15, 0.2) is 24.3 Å². The number of hydrogen-bond donors (Lipinski definition) is 1. The molecule has 1 unspecified atom stereocenters. The SMILES string of the molecule is CC(CC(F)(F)F)(C(N)=O)c1ccc(F)cc1. The van der Waals surface area contributed by atoms with Gasteiger partial charge in [-0.1, -0.05) is 12.1 Å². The number of hydrogen-bond acceptors (Lipinski definition) is 1. The highest BCUT2D eigenvalue weighted by atomic mass is 19.4. The summed E-state index contributed by atoms with van der Waals surface area (Å²) in [4.78, 5) is 11.2. The summed E-state index contributed by atoms with van der Waals surface area (Å²) < 4.78 is 49.9. The molecule has 1 rings (SSSR count). The lowest BCUT2D eigenvalue weighted by atomic mass is 9.78. The second kappa shape index (κ2) is 4.35. The van der Waals surface area contributed by atoms with Crippen molar-refractivity contribution in [3.8, 4) is 0 Å². The minimum atomic E-state index is -4.53. The minimum Gasteiger partial charge on any atom is -0.369 e. The molecule has 94 valence electrons. The third-order valence-corrected chi connectivity index (χ3v) is 2.58. The largest absolute Gasteiger partial charge is 0.390 e. The molecule has 1 amide bonds. The Labute approximate surface area is 95.4 Å². The number of primary amides is 1. The Morgan fingerprint density at radius 1 is 1.24 bits per heavy atom. The van der Waals surface area contributed by atoms with E-state index in [0.29, 0.717) is 0 Å². The topological polar surface area (TPSA) is 43.1 Å². The van der Waals surface area contributed by atoms with Crippen LogP contribution in [0.3, 0.4) is 0 Å². The van der Waals surface area contributed by atoms with E-state index in [1.165, 1.54) is 0 Å². The van der Waals surface area contributed by atoms with E-state index in [1.807, 2.05) is 0 Å². The fourth-order valence-corrected chi connectivity index (χ4v) is 1.55. The van der Waals surface area contributed by atoms with E-state index in [-0.39, 0.29) is 5.56 Å². The number of carbonyl (C=O) groups is 1. The van der Waals surface area contributed by atoms with Gasteiger partial charge in [-0.2, -0.15) is 13.2 Å². The van der Waals surface area contributed by atoms with Gasteiger partial charge in [0.15, 0.2) is 0 Å². The summed E-state index contributed by atoms with van der Waals surface area (Å²) in [6.07, 6.45) is -5.90. The molecule has 0 fully saturated rings. The van der Waals surface area contributed by atoms with Gasteiger partial charge in [0, 0.05) is 0 Å². The predicted octanol–water partition coefficient (Wildman–Crippen LogP) is 2.52. The van der Waals surface area contributed by atoms with Crippen molar-refractivity contribution < 1.29 is 22.4 Å². The second-order valence-corrected chi connectivity index (χ2v) is 4.00. The zero-order valence-electron chi connectivity index (χ0n) is 9.01. The average molecular weight is 249 g/mol. The van der Waals surface area contributed by atoms with Gasteiger partial charge in [0.25, 0.3) is 0 Å². The van der Waals surface area contributed by atoms with Crippen LogP contribution in [-0.2, 0) is 10.2 Å². The smallest absolute Gasteiger partial charge is 0.369 e. The molecule has 2 N–H and O–H groups in total. The molecule has 0 heterocycles. The third kappa shape index (κ3) is 3.18. The van der Waals surface area contributed by atoms with Crippen LogP contribution >= 0.6 is 0 Å². The van der Waals surface area contributed by atoms with Gasteiger partial charge in [0.2, 0.25) is 5.91 Å².